The summed E-state index contributed by atoms with van der Waals surface area (Å²) in [6.45, 7) is 13.5. The van der Waals surface area contributed by atoms with E-state index in [-0.39, 0.29) is 10.8 Å². The Kier molecular flexibility index (Phi) is 9.55. The SMILES string of the molecule is C=NC(/N=C(\N)C1=CC=CCC1)c1cccc2c1-c1cc(C(N)Nc3c(Cc4ccc5c(c4)C(C)(C)c4ccccc4-5)oc4ccccc34)ccc1C21c2ccccc2C(C)(C)c2ccccc21. The Morgan fingerprint density at radius 1 is 0.676 bits per heavy atom. The summed E-state index contributed by atoms with van der Waals surface area (Å²) in [4.78, 5) is 9.81. The van der Waals surface area contributed by atoms with Crippen LogP contribution in [0.5, 0.6) is 0 Å². The first kappa shape index (κ1) is 41.9. The topological polar surface area (TPSA) is 102 Å². The largest absolute Gasteiger partial charge is 0.458 e. The molecule has 0 aliphatic heterocycles. The summed E-state index contributed by atoms with van der Waals surface area (Å²) < 4.78 is 6.72. The fraction of sp³-hybridized carbons (Fsp3) is 0.194. The highest BCUT2D eigenvalue weighted by Crippen LogP contribution is 2.63. The lowest BCUT2D eigenvalue weighted by molar-refractivity contribution is 0.562. The minimum absolute atomic E-state index is 0.104. The second-order valence-corrected chi connectivity index (χ2v) is 20.0. The molecule has 334 valence electrons. The van der Waals surface area contributed by atoms with Crippen LogP contribution in [0.15, 0.2) is 190 Å². The van der Waals surface area contributed by atoms with Gasteiger partial charge in [0.15, 0.2) is 6.17 Å². The third kappa shape index (κ3) is 6.06. The molecule has 4 aliphatic rings. The van der Waals surface area contributed by atoms with Gasteiger partial charge in [0.1, 0.15) is 23.3 Å². The molecule has 1 heterocycles. The molecule has 0 fully saturated rings. The highest BCUT2D eigenvalue weighted by Gasteiger charge is 2.54. The van der Waals surface area contributed by atoms with Crippen LogP contribution in [0.4, 0.5) is 5.69 Å². The molecule has 68 heavy (non-hydrogen) atoms. The number of rotatable bonds is 9. The molecule has 8 aromatic rings. The van der Waals surface area contributed by atoms with Crippen molar-refractivity contribution in [2.75, 3.05) is 5.32 Å². The maximum Gasteiger partial charge on any atom is 0.167 e. The van der Waals surface area contributed by atoms with Crippen LogP contribution in [-0.4, -0.2) is 12.6 Å². The Morgan fingerprint density at radius 3 is 2.07 bits per heavy atom. The van der Waals surface area contributed by atoms with E-state index < -0.39 is 17.7 Å². The van der Waals surface area contributed by atoms with E-state index in [2.05, 4.69) is 197 Å². The zero-order chi connectivity index (χ0) is 46.5. The molecule has 12 rings (SSSR count). The van der Waals surface area contributed by atoms with Gasteiger partial charge in [-0.1, -0.05) is 179 Å². The van der Waals surface area contributed by atoms with Crippen LogP contribution in [0, 0.1) is 0 Å². The number of para-hydroxylation sites is 1. The van der Waals surface area contributed by atoms with E-state index in [0.29, 0.717) is 12.3 Å². The van der Waals surface area contributed by atoms with E-state index in [1.807, 2.05) is 12.1 Å². The quantitative estimate of drug-likeness (QED) is 0.0763. The summed E-state index contributed by atoms with van der Waals surface area (Å²) >= 11 is 0. The van der Waals surface area contributed by atoms with Crippen LogP contribution in [0.25, 0.3) is 33.2 Å². The summed E-state index contributed by atoms with van der Waals surface area (Å²) in [6.07, 6.45) is 7.41. The van der Waals surface area contributed by atoms with Crippen molar-refractivity contribution in [3.05, 3.63) is 242 Å². The maximum atomic E-state index is 7.41. The van der Waals surface area contributed by atoms with Crippen molar-refractivity contribution in [1.29, 1.82) is 0 Å². The van der Waals surface area contributed by atoms with Crippen molar-refractivity contribution in [3.63, 3.8) is 0 Å². The van der Waals surface area contributed by atoms with Gasteiger partial charge in [-0.25, -0.2) is 4.99 Å². The number of allylic oxidation sites excluding steroid dienone is 3. The predicted octanol–water partition coefficient (Wildman–Crippen LogP) is 13.7. The summed E-state index contributed by atoms with van der Waals surface area (Å²) in [6, 6.07) is 55.3. The molecule has 6 heteroatoms. The summed E-state index contributed by atoms with van der Waals surface area (Å²) in [5.41, 5.74) is 34.1. The molecule has 2 atom stereocenters. The number of benzene rings is 7. The minimum atomic E-state index is -0.639. The van der Waals surface area contributed by atoms with Crippen LogP contribution in [0.3, 0.4) is 0 Å². The van der Waals surface area contributed by atoms with E-state index in [1.165, 1.54) is 61.2 Å². The van der Waals surface area contributed by atoms with Crippen molar-refractivity contribution < 1.29 is 4.42 Å². The van der Waals surface area contributed by atoms with Crippen molar-refractivity contribution in [2.45, 2.75) is 75.5 Å². The van der Waals surface area contributed by atoms with Gasteiger partial charge in [0.25, 0.3) is 0 Å². The molecule has 1 aromatic heterocycles. The molecule has 0 saturated heterocycles. The average molecular weight is 886 g/mol. The fourth-order valence-corrected chi connectivity index (χ4v) is 12.3. The average Bonchev–Trinajstić information content (AvgIpc) is 3.95. The number of amidine groups is 1. The molecule has 1 spiro atoms. The lowest BCUT2D eigenvalue weighted by atomic mass is 9.55. The van der Waals surface area contributed by atoms with Crippen LogP contribution in [0.2, 0.25) is 0 Å². The number of fused-ring (bicyclic) bond motifs is 13. The van der Waals surface area contributed by atoms with Gasteiger partial charge in [0.2, 0.25) is 0 Å². The number of aliphatic imine (C=N–C) groups is 2. The molecule has 0 radical (unpaired) electrons. The molecule has 0 saturated carbocycles. The van der Waals surface area contributed by atoms with E-state index in [1.54, 1.807) is 0 Å². The highest BCUT2D eigenvalue weighted by molar-refractivity contribution is 5.98. The molecule has 0 amide bonds. The van der Waals surface area contributed by atoms with Gasteiger partial charge in [-0.15, -0.1) is 0 Å². The van der Waals surface area contributed by atoms with Crippen molar-refractivity contribution in [2.24, 2.45) is 21.5 Å². The summed E-state index contributed by atoms with van der Waals surface area (Å²) in [5, 5.41) is 4.79. The Balaban J connectivity index is 0.999. The normalized spacial score (nSPS) is 17.3. The summed E-state index contributed by atoms with van der Waals surface area (Å²) in [5.74, 6) is 1.34. The second kappa shape index (κ2) is 15.5. The van der Waals surface area contributed by atoms with E-state index >= 15 is 0 Å². The van der Waals surface area contributed by atoms with Gasteiger partial charge < -0.3 is 21.2 Å². The molecule has 7 aromatic carbocycles. The van der Waals surface area contributed by atoms with Gasteiger partial charge in [-0.2, -0.15) is 0 Å². The zero-order valence-electron chi connectivity index (χ0n) is 39.1. The summed E-state index contributed by atoms with van der Waals surface area (Å²) in [7, 11) is 0. The number of hydrogen-bond acceptors (Lipinski definition) is 5. The van der Waals surface area contributed by atoms with Crippen LogP contribution in [0.1, 0.15) is 120 Å². The number of anilines is 1. The van der Waals surface area contributed by atoms with Crippen LogP contribution in [-0.2, 0) is 22.7 Å². The fourth-order valence-electron chi connectivity index (χ4n) is 12.3. The Morgan fingerprint density at radius 2 is 1.34 bits per heavy atom. The highest BCUT2D eigenvalue weighted by atomic mass is 16.3. The van der Waals surface area contributed by atoms with Crippen molar-refractivity contribution >= 4 is 29.2 Å². The number of furan rings is 1. The van der Waals surface area contributed by atoms with Gasteiger partial charge in [0, 0.05) is 28.2 Å². The molecule has 2 unspecified atom stereocenters. The second-order valence-electron chi connectivity index (χ2n) is 20.0. The Bertz CT molecular complexity index is 3440. The minimum Gasteiger partial charge on any atom is -0.458 e. The molecule has 6 nitrogen and oxygen atoms in total. The maximum absolute atomic E-state index is 7.41. The molecule has 0 bridgehead atoms. The lowest BCUT2D eigenvalue weighted by Gasteiger charge is -2.46. The first-order valence-corrected chi connectivity index (χ1v) is 23.9. The zero-order valence-corrected chi connectivity index (χ0v) is 39.1. The predicted molar refractivity (Wildman–Crippen MR) is 280 cm³/mol. The van der Waals surface area contributed by atoms with E-state index in [9.17, 15) is 0 Å². The molecular weight excluding hydrogens is 831 g/mol. The van der Waals surface area contributed by atoms with Gasteiger partial charge >= 0.3 is 0 Å². The smallest absolute Gasteiger partial charge is 0.167 e. The first-order chi connectivity index (χ1) is 33.0. The Hall–Kier alpha value is -7.54. The van der Waals surface area contributed by atoms with Crippen LogP contribution < -0.4 is 16.8 Å². The van der Waals surface area contributed by atoms with E-state index in [4.69, 9.17) is 25.9 Å². The lowest BCUT2D eigenvalue weighted by Crippen LogP contribution is -2.40. The molecule has 5 N–H and O–H groups in total. The van der Waals surface area contributed by atoms with Gasteiger partial charge in [-0.3, -0.25) is 4.99 Å². The number of nitrogens with one attached hydrogen (secondary N) is 1. The monoisotopic (exact) mass is 885 g/mol. The van der Waals surface area contributed by atoms with Crippen molar-refractivity contribution in [3.8, 4) is 22.3 Å². The first-order valence-electron chi connectivity index (χ1n) is 23.9. The third-order valence-corrected chi connectivity index (χ3v) is 15.6. The third-order valence-electron chi connectivity index (χ3n) is 15.6. The van der Waals surface area contributed by atoms with Crippen molar-refractivity contribution in [1.82, 2.24) is 0 Å². The Labute approximate surface area is 398 Å². The number of hydrogen-bond donors (Lipinski definition) is 3. The van der Waals surface area contributed by atoms with Gasteiger partial charge in [0.05, 0.1) is 11.1 Å². The van der Waals surface area contributed by atoms with Crippen LogP contribution >= 0.6 is 0 Å². The van der Waals surface area contributed by atoms with E-state index in [0.717, 1.165) is 63.1 Å². The van der Waals surface area contributed by atoms with Gasteiger partial charge in [-0.05, 0) is 121 Å². The standard InChI is InChI=1S/C62H55N5O/c1-60(2)45-23-11-9-20-40(45)41-32-30-37(34-52(41)60)35-54-56(42-21-10-16-29-53(42)68-54)66-58(64)39-31-33-46-44(36-39)55-43(59(65-5)67-57(63)38-18-7-6-8-19-38)22-17-28-51(55)62(46)49-26-14-12-24-47(49)61(3,4)48-25-13-15-27-50(48)62/h6-7,9-18,20-34,36,58-59,66H,5,8,19,35,64H2,1-4H3,(H2,63,67). The number of nitrogens with zero attached hydrogens (tertiary/aromatic N) is 2. The molecular formula is C62H55N5O. The molecule has 4 aliphatic carbocycles. The number of nitrogens with two attached hydrogens (primary N) is 2.